The number of rotatable bonds is 0. The summed E-state index contributed by atoms with van der Waals surface area (Å²) in [7, 11) is 0. The predicted molar refractivity (Wildman–Crippen MR) is 48.5 cm³/mol. The minimum atomic E-state index is 1.02. The summed E-state index contributed by atoms with van der Waals surface area (Å²) < 4.78 is 3.44. The zero-order valence-electron chi connectivity index (χ0n) is 5.25. The van der Waals surface area contributed by atoms with Gasteiger partial charge in [0.05, 0.1) is 5.70 Å². The fraction of sp³-hybridized carbons (Fsp3) is 0.143. The Morgan fingerprint density at radius 3 is 3.30 bits per heavy atom. The summed E-state index contributed by atoms with van der Waals surface area (Å²) in [5.74, 6) is 0. The van der Waals surface area contributed by atoms with E-state index in [2.05, 4.69) is 43.9 Å². The average Bonchev–Trinajstić information content (AvgIpc) is 2.34. The maximum Gasteiger partial charge on any atom is 0.0624 e. The van der Waals surface area contributed by atoms with Gasteiger partial charge in [-0.2, -0.15) is 0 Å². The predicted octanol–water partition coefficient (Wildman–Crippen LogP) is 2.64. The molecule has 0 aromatic carbocycles. The highest BCUT2D eigenvalue weighted by Crippen LogP contribution is 2.37. The number of hydrogen-bond donors (Lipinski definition) is 0. The summed E-state index contributed by atoms with van der Waals surface area (Å²) in [5.41, 5.74) is 1.28. The van der Waals surface area contributed by atoms with Crippen molar-refractivity contribution in [3.8, 4) is 0 Å². The van der Waals surface area contributed by atoms with Crippen LogP contribution < -0.4 is 0 Å². The average molecular weight is 216 g/mol. The minimum Gasteiger partial charge on any atom is -0.308 e. The number of nitrogens with zero attached hydrogens (tertiary/aromatic N) is 1. The van der Waals surface area contributed by atoms with Crippen molar-refractivity contribution >= 4 is 27.9 Å². The lowest BCUT2D eigenvalue weighted by molar-refractivity contribution is 0.661. The summed E-state index contributed by atoms with van der Waals surface area (Å²) in [6, 6.07) is 0. The SMILES string of the molecule is BrC1=CSN2CC=CC=C12. The van der Waals surface area contributed by atoms with Gasteiger partial charge in [0.25, 0.3) is 0 Å². The fourth-order valence-corrected chi connectivity index (χ4v) is 2.47. The molecule has 2 rings (SSSR count). The molecular weight excluding hydrogens is 210 g/mol. The maximum atomic E-state index is 3.48. The van der Waals surface area contributed by atoms with E-state index in [0.717, 1.165) is 6.54 Å². The largest absolute Gasteiger partial charge is 0.308 e. The van der Waals surface area contributed by atoms with Crippen molar-refractivity contribution in [3.63, 3.8) is 0 Å². The maximum absolute atomic E-state index is 3.48. The quantitative estimate of drug-likeness (QED) is 0.572. The molecule has 0 amide bonds. The van der Waals surface area contributed by atoms with Crippen molar-refractivity contribution in [2.24, 2.45) is 0 Å². The van der Waals surface area contributed by atoms with Crippen LogP contribution in [0.5, 0.6) is 0 Å². The van der Waals surface area contributed by atoms with Crippen molar-refractivity contribution in [1.82, 2.24) is 4.31 Å². The first kappa shape index (κ1) is 6.55. The molecule has 52 valence electrons. The molecule has 10 heavy (non-hydrogen) atoms. The number of halogens is 1. The Balaban J connectivity index is 2.34. The van der Waals surface area contributed by atoms with E-state index in [1.165, 1.54) is 10.2 Å². The summed E-state index contributed by atoms with van der Waals surface area (Å²) in [5, 5.41) is 2.11. The second-order valence-corrected chi connectivity index (χ2v) is 3.85. The lowest BCUT2D eigenvalue weighted by Gasteiger charge is -2.18. The summed E-state index contributed by atoms with van der Waals surface area (Å²) in [4.78, 5) is 0. The molecule has 2 heterocycles. The van der Waals surface area contributed by atoms with Gasteiger partial charge in [-0.05, 0) is 34.0 Å². The van der Waals surface area contributed by atoms with Gasteiger partial charge in [-0.1, -0.05) is 12.2 Å². The van der Waals surface area contributed by atoms with E-state index in [0.29, 0.717) is 0 Å². The van der Waals surface area contributed by atoms with E-state index >= 15 is 0 Å². The molecule has 0 saturated heterocycles. The van der Waals surface area contributed by atoms with Gasteiger partial charge in [0, 0.05) is 16.4 Å². The Morgan fingerprint density at radius 1 is 1.60 bits per heavy atom. The Bertz CT molecular complexity index is 242. The second kappa shape index (κ2) is 2.47. The Kier molecular flexibility index (Phi) is 1.62. The van der Waals surface area contributed by atoms with Crippen molar-refractivity contribution in [2.75, 3.05) is 6.54 Å². The van der Waals surface area contributed by atoms with Crippen LogP contribution in [0.15, 0.2) is 33.8 Å². The molecule has 0 spiro atoms. The summed E-state index contributed by atoms with van der Waals surface area (Å²) >= 11 is 5.22. The van der Waals surface area contributed by atoms with Gasteiger partial charge in [-0.15, -0.1) is 0 Å². The van der Waals surface area contributed by atoms with Gasteiger partial charge < -0.3 is 4.31 Å². The summed E-state index contributed by atoms with van der Waals surface area (Å²) in [6.45, 7) is 1.02. The molecule has 0 radical (unpaired) electrons. The smallest absolute Gasteiger partial charge is 0.0624 e. The van der Waals surface area contributed by atoms with Gasteiger partial charge in [-0.3, -0.25) is 0 Å². The minimum absolute atomic E-state index is 1.02. The van der Waals surface area contributed by atoms with Gasteiger partial charge in [-0.25, -0.2) is 0 Å². The topological polar surface area (TPSA) is 3.24 Å². The van der Waals surface area contributed by atoms with Gasteiger partial charge in [0.1, 0.15) is 0 Å². The highest BCUT2D eigenvalue weighted by molar-refractivity contribution is 9.12. The van der Waals surface area contributed by atoms with E-state index in [-0.39, 0.29) is 0 Å². The van der Waals surface area contributed by atoms with Crippen LogP contribution >= 0.6 is 27.9 Å². The van der Waals surface area contributed by atoms with Crippen molar-refractivity contribution in [1.29, 1.82) is 0 Å². The summed E-state index contributed by atoms with van der Waals surface area (Å²) in [6.07, 6.45) is 6.35. The molecule has 0 fully saturated rings. The van der Waals surface area contributed by atoms with Crippen molar-refractivity contribution < 1.29 is 0 Å². The molecule has 0 aromatic rings. The van der Waals surface area contributed by atoms with Crippen LogP contribution in [0.4, 0.5) is 0 Å². The Labute approximate surface area is 72.7 Å². The fourth-order valence-electron chi connectivity index (χ4n) is 0.966. The van der Waals surface area contributed by atoms with Crippen LogP contribution in [-0.4, -0.2) is 10.8 Å². The van der Waals surface area contributed by atoms with E-state index in [1.807, 2.05) is 0 Å². The standard InChI is InChI=1S/C7H6BrNS/c8-6-5-10-9-4-2-1-3-7(6)9/h1-3,5H,4H2. The van der Waals surface area contributed by atoms with Crippen LogP contribution in [-0.2, 0) is 0 Å². The molecule has 0 saturated carbocycles. The third kappa shape index (κ3) is 0.935. The number of fused-ring (bicyclic) bond motifs is 1. The van der Waals surface area contributed by atoms with Crippen LogP contribution in [0.2, 0.25) is 0 Å². The Morgan fingerprint density at radius 2 is 2.50 bits per heavy atom. The van der Waals surface area contributed by atoms with Gasteiger partial charge in [0.2, 0.25) is 0 Å². The normalized spacial score (nSPS) is 22.3. The third-order valence-electron chi connectivity index (χ3n) is 1.46. The zero-order valence-corrected chi connectivity index (χ0v) is 7.65. The first-order valence-electron chi connectivity index (χ1n) is 3.05. The molecule has 3 heteroatoms. The van der Waals surface area contributed by atoms with Gasteiger partial charge in [0.15, 0.2) is 0 Å². The van der Waals surface area contributed by atoms with Crippen LogP contribution in [0, 0.1) is 0 Å². The molecule has 2 aliphatic rings. The Hall–Kier alpha value is -0.150. The second-order valence-electron chi connectivity index (χ2n) is 2.11. The number of allylic oxidation sites excluding steroid dienone is 3. The third-order valence-corrected chi connectivity index (χ3v) is 3.34. The van der Waals surface area contributed by atoms with Gasteiger partial charge >= 0.3 is 0 Å². The molecule has 0 aliphatic carbocycles. The van der Waals surface area contributed by atoms with Crippen molar-refractivity contribution in [3.05, 3.63) is 33.8 Å². The van der Waals surface area contributed by atoms with E-state index in [9.17, 15) is 0 Å². The molecule has 0 atom stereocenters. The molecule has 0 bridgehead atoms. The van der Waals surface area contributed by atoms with E-state index in [4.69, 9.17) is 0 Å². The molecule has 0 N–H and O–H groups in total. The van der Waals surface area contributed by atoms with Crippen molar-refractivity contribution in [2.45, 2.75) is 0 Å². The lowest BCUT2D eigenvalue weighted by Crippen LogP contribution is -2.12. The molecule has 1 nitrogen and oxygen atoms in total. The first-order chi connectivity index (χ1) is 4.88. The lowest BCUT2D eigenvalue weighted by atomic mass is 10.3. The molecule has 0 unspecified atom stereocenters. The number of hydrogen-bond acceptors (Lipinski definition) is 2. The first-order valence-corrected chi connectivity index (χ1v) is 4.68. The van der Waals surface area contributed by atoms with Crippen LogP contribution in [0.25, 0.3) is 0 Å². The molecule has 2 aliphatic heterocycles. The van der Waals surface area contributed by atoms with Crippen LogP contribution in [0.1, 0.15) is 0 Å². The monoisotopic (exact) mass is 215 g/mol. The molecular formula is C7H6BrNS. The zero-order chi connectivity index (χ0) is 6.97. The van der Waals surface area contributed by atoms with Crippen LogP contribution in [0.3, 0.4) is 0 Å². The van der Waals surface area contributed by atoms with E-state index in [1.54, 1.807) is 11.9 Å². The molecule has 0 aromatic heterocycles. The van der Waals surface area contributed by atoms with E-state index < -0.39 is 0 Å². The highest BCUT2D eigenvalue weighted by atomic mass is 79.9. The highest BCUT2D eigenvalue weighted by Gasteiger charge is 2.18.